The first kappa shape index (κ1) is 21.4. The summed E-state index contributed by atoms with van der Waals surface area (Å²) in [6.45, 7) is 8.21. The van der Waals surface area contributed by atoms with E-state index in [1.165, 1.54) is 0 Å². The minimum Gasteiger partial charge on any atom is -0.378 e. The topological polar surface area (TPSA) is 53.1 Å². The van der Waals surface area contributed by atoms with Gasteiger partial charge in [-0.1, -0.05) is 30.3 Å². The van der Waals surface area contributed by atoms with Crippen LogP contribution in [0.3, 0.4) is 0 Å². The normalized spacial score (nSPS) is 19.1. The Morgan fingerprint density at radius 1 is 1.06 bits per heavy atom. The molecular weight excluding hydrogens is 390 g/mol. The van der Waals surface area contributed by atoms with Gasteiger partial charge in [-0.25, -0.2) is 0 Å². The van der Waals surface area contributed by atoms with Crippen LogP contribution >= 0.6 is 0 Å². The lowest BCUT2D eigenvalue weighted by molar-refractivity contribution is -0.135. The number of nitrogens with zero attached hydrogens (tertiary/aromatic N) is 3. The van der Waals surface area contributed by atoms with E-state index in [0.29, 0.717) is 13.1 Å². The maximum atomic E-state index is 13.2. The number of carbonyl (C=O) groups is 2. The summed E-state index contributed by atoms with van der Waals surface area (Å²) in [6, 6.07) is 14.2. The van der Waals surface area contributed by atoms with Crippen molar-refractivity contribution in [2.24, 2.45) is 5.92 Å². The van der Waals surface area contributed by atoms with Crippen LogP contribution < -0.4 is 9.80 Å². The number of benzene rings is 2. The molecule has 0 aromatic heterocycles. The smallest absolute Gasteiger partial charge is 0.228 e. The molecule has 2 amide bonds. The lowest BCUT2D eigenvalue weighted by Gasteiger charge is -2.31. The molecule has 6 heteroatoms. The molecule has 6 nitrogen and oxygen atoms in total. The van der Waals surface area contributed by atoms with Crippen molar-refractivity contribution < 1.29 is 14.3 Å². The van der Waals surface area contributed by atoms with Crippen LogP contribution in [0.4, 0.5) is 11.4 Å². The van der Waals surface area contributed by atoms with Crippen LogP contribution in [-0.4, -0.2) is 56.6 Å². The lowest BCUT2D eigenvalue weighted by Crippen LogP contribution is -2.38. The van der Waals surface area contributed by atoms with E-state index in [2.05, 4.69) is 17.0 Å². The van der Waals surface area contributed by atoms with Crippen LogP contribution in [0.15, 0.2) is 42.5 Å². The number of morpholine rings is 1. The summed E-state index contributed by atoms with van der Waals surface area (Å²) < 4.78 is 5.48. The van der Waals surface area contributed by atoms with Crippen molar-refractivity contribution >= 4 is 23.2 Å². The average molecular weight is 422 g/mol. The number of amides is 2. The van der Waals surface area contributed by atoms with Gasteiger partial charge in [0.05, 0.1) is 19.1 Å². The van der Waals surface area contributed by atoms with E-state index in [-0.39, 0.29) is 24.2 Å². The minimum atomic E-state index is -0.312. The first-order chi connectivity index (χ1) is 15.0. The molecule has 1 atom stereocenters. The predicted octanol–water partition coefficient (Wildman–Crippen LogP) is 3.15. The fourth-order valence-corrected chi connectivity index (χ4v) is 4.54. The zero-order chi connectivity index (χ0) is 22.0. The van der Waals surface area contributed by atoms with Crippen molar-refractivity contribution in [2.45, 2.75) is 26.8 Å². The molecule has 2 saturated heterocycles. The van der Waals surface area contributed by atoms with E-state index >= 15 is 0 Å². The first-order valence-electron chi connectivity index (χ1n) is 11.0. The van der Waals surface area contributed by atoms with Crippen LogP contribution in [0.2, 0.25) is 0 Å². The molecule has 0 radical (unpaired) electrons. The third-order valence-electron chi connectivity index (χ3n) is 6.47. The first-order valence-corrected chi connectivity index (χ1v) is 11.0. The van der Waals surface area contributed by atoms with Crippen LogP contribution in [0.5, 0.6) is 0 Å². The van der Waals surface area contributed by atoms with Crippen LogP contribution in [0, 0.1) is 19.8 Å². The minimum absolute atomic E-state index is 0.0224. The number of carbonyl (C=O) groups excluding carboxylic acids is 2. The predicted molar refractivity (Wildman–Crippen MR) is 122 cm³/mol. The third-order valence-corrected chi connectivity index (χ3v) is 6.47. The van der Waals surface area contributed by atoms with Gasteiger partial charge in [-0.05, 0) is 42.7 Å². The fourth-order valence-electron chi connectivity index (χ4n) is 4.54. The number of ether oxygens (including phenoxy) is 1. The summed E-state index contributed by atoms with van der Waals surface area (Å²) in [5.74, 6) is -0.264. The van der Waals surface area contributed by atoms with E-state index in [1.807, 2.05) is 51.2 Å². The summed E-state index contributed by atoms with van der Waals surface area (Å²) >= 11 is 0. The number of anilines is 2. The molecule has 2 heterocycles. The molecule has 0 N–H and O–H groups in total. The van der Waals surface area contributed by atoms with Crippen LogP contribution in [-0.2, 0) is 20.9 Å². The zero-order valence-corrected chi connectivity index (χ0v) is 18.6. The second kappa shape index (κ2) is 9.10. The molecule has 0 bridgehead atoms. The van der Waals surface area contributed by atoms with Gasteiger partial charge in [-0.2, -0.15) is 0 Å². The Morgan fingerprint density at radius 2 is 1.77 bits per heavy atom. The Hall–Kier alpha value is -2.86. The molecule has 2 aromatic rings. The van der Waals surface area contributed by atoms with Crippen LogP contribution in [0.25, 0.3) is 0 Å². The highest BCUT2D eigenvalue weighted by Crippen LogP contribution is 2.31. The summed E-state index contributed by atoms with van der Waals surface area (Å²) in [5, 5.41) is 0. The standard InChI is InChI=1S/C25H31N3O3/c1-18-7-6-10-22(19(18)2)28-17-21(15-24(28)29)25(30)26(3)16-20-8-4-5-9-23(20)27-11-13-31-14-12-27/h4-10,21H,11-17H2,1-3H3/t21-/m0/s1. The van der Waals surface area contributed by atoms with E-state index in [0.717, 1.165) is 54.4 Å². The Labute approximate surface area is 184 Å². The molecule has 0 unspecified atom stereocenters. The van der Waals surface area contributed by atoms with E-state index in [9.17, 15) is 9.59 Å². The Morgan fingerprint density at radius 3 is 2.55 bits per heavy atom. The van der Waals surface area contributed by atoms with Gasteiger partial charge in [0.15, 0.2) is 0 Å². The fraction of sp³-hybridized carbons (Fsp3) is 0.440. The zero-order valence-electron chi connectivity index (χ0n) is 18.6. The highest BCUT2D eigenvalue weighted by atomic mass is 16.5. The number of rotatable bonds is 5. The summed E-state index contributed by atoms with van der Waals surface area (Å²) in [5.41, 5.74) is 5.44. The molecule has 0 saturated carbocycles. The van der Waals surface area contributed by atoms with Crippen molar-refractivity contribution in [3.05, 3.63) is 59.2 Å². The van der Waals surface area contributed by atoms with Crippen molar-refractivity contribution in [3.63, 3.8) is 0 Å². The highest BCUT2D eigenvalue weighted by Gasteiger charge is 2.37. The van der Waals surface area contributed by atoms with Crippen molar-refractivity contribution in [1.29, 1.82) is 0 Å². The monoisotopic (exact) mass is 421 g/mol. The maximum absolute atomic E-state index is 13.2. The average Bonchev–Trinajstić information content (AvgIpc) is 3.17. The molecule has 0 aliphatic carbocycles. The molecule has 4 rings (SSSR count). The number of aryl methyl sites for hydroxylation is 1. The summed E-state index contributed by atoms with van der Waals surface area (Å²) in [4.78, 5) is 31.8. The molecular formula is C25H31N3O3. The molecule has 2 fully saturated rings. The Kier molecular flexibility index (Phi) is 6.28. The quantitative estimate of drug-likeness (QED) is 0.744. The second-order valence-electron chi connectivity index (χ2n) is 8.55. The van der Waals surface area contributed by atoms with Gasteiger partial charge in [-0.3, -0.25) is 9.59 Å². The number of hydrogen-bond donors (Lipinski definition) is 0. The molecule has 164 valence electrons. The second-order valence-corrected chi connectivity index (χ2v) is 8.55. The molecule has 31 heavy (non-hydrogen) atoms. The van der Waals surface area contributed by atoms with Gasteiger partial charge in [0, 0.05) is 51.0 Å². The van der Waals surface area contributed by atoms with E-state index in [1.54, 1.807) is 9.80 Å². The van der Waals surface area contributed by atoms with Gasteiger partial charge >= 0.3 is 0 Å². The lowest BCUT2D eigenvalue weighted by atomic mass is 10.1. The van der Waals surface area contributed by atoms with Gasteiger partial charge in [-0.15, -0.1) is 0 Å². The largest absolute Gasteiger partial charge is 0.378 e. The maximum Gasteiger partial charge on any atom is 0.228 e. The van der Waals surface area contributed by atoms with Gasteiger partial charge in [0.25, 0.3) is 0 Å². The third kappa shape index (κ3) is 4.44. The molecule has 2 aliphatic heterocycles. The van der Waals surface area contributed by atoms with Crippen molar-refractivity contribution in [3.8, 4) is 0 Å². The van der Waals surface area contributed by atoms with E-state index < -0.39 is 0 Å². The highest BCUT2D eigenvalue weighted by molar-refractivity contribution is 6.00. The van der Waals surface area contributed by atoms with Crippen LogP contribution in [0.1, 0.15) is 23.1 Å². The Bertz CT molecular complexity index is 968. The van der Waals surface area contributed by atoms with Gasteiger partial charge in [0.1, 0.15) is 0 Å². The summed E-state index contributed by atoms with van der Waals surface area (Å²) in [6.07, 6.45) is 0.266. The molecule has 2 aliphatic rings. The Balaban J connectivity index is 1.46. The molecule has 0 spiro atoms. The number of hydrogen-bond acceptors (Lipinski definition) is 4. The van der Waals surface area contributed by atoms with Crippen molar-refractivity contribution in [1.82, 2.24) is 4.90 Å². The summed E-state index contributed by atoms with van der Waals surface area (Å²) in [7, 11) is 1.84. The van der Waals surface area contributed by atoms with Gasteiger partial charge < -0.3 is 19.4 Å². The van der Waals surface area contributed by atoms with Crippen molar-refractivity contribution in [2.75, 3.05) is 49.7 Å². The van der Waals surface area contributed by atoms with Gasteiger partial charge in [0.2, 0.25) is 11.8 Å². The number of para-hydroxylation sites is 1. The molecule has 2 aromatic carbocycles. The SMILES string of the molecule is Cc1cccc(N2C[C@@H](C(=O)N(C)Cc3ccccc3N3CCOCC3)CC2=O)c1C. The van der Waals surface area contributed by atoms with E-state index in [4.69, 9.17) is 4.74 Å².